The summed E-state index contributed by atoms with van der Waals surface area (Å²) in [5.74, 6) is 0. The average molecular weight is 362 g/mol. The van der Waals surface area contributed by atoms with Gasteiger partial charge in [0, 0.05) is 6.20 Å². The van der Waals surface area contributed by atoms with Gasteiger partial charge in [0.1, 0.15) is 0 Å². The molecule has 0 N–H and O–H groups in total. The summed E-state index contributed by atoms with van der Waals surface area (Å²) in [6.07, 6.45) is 30.3. The molecule has 1 aliphatic heterocycles. The first-order valence-electron chi connectivity index (χ1n) is 11.3. The van der Waals surface area contributed by atoms with E-state index in [4.69, 9.17) is 4.84 Å². The van der Waals surface area contributed by atoms with Crippen molar-refractivity contribution in [1.29, 1.82) is 0 Å². The third-order valence-electron chi connectivity index (χ3n) is 5.13. The van der Waals surface area contributed by atoms with Gasteiger partial charge in [0.2, 0.25) is 0 Å². The van der Waals surface area contributed by atoms with Gasteiger partial charge in [-0.05, 0) is 18.6 Å². The Labute approximate surface area is 163 Å². The molecule has 0 aliphatic carbocycles. The van der Waals surface area contributed by atoms with E-state index in [1.54, 1.807) is 5.06 Å². The van der Waals surface area contributed by atoms with Crippen molar-refractivity contribution in [3.63, 3.8) is 0 Å². The minimum Gasteiger partial charge on any atom is -0.269 e. The number of hydroxylamine groups is 2. The highest BCUT2D eigenvalue weighted by Gasteiger charge is 2.04. The lowest BCUT2D eigenvalue weighted by Crippen LogP contribution is -2.17. The monoisotopic (exact) mass is 361 g/mol. The molecule has 1 rings (SSSR count). The molecule has 2 heteroatoms. The third kappa shape index (κ3) is 13.2. The molecular formula is C24H43NO. The van der Waals surface area contributed by atoms with Crippen LogP contribution >= 0.6 is 0 Å². The Morgan fingerprint density at radius 3 is 1.62 bits per heavy atom. The minimum absolute atomic E-state index is 0.787. The molecule has 150 valence electrons. The SMILES string of the molecule is C=C1C=CC=CN1OCCCCCCCCCCCCCCCCCC. The van der Waals surface area contributed by atoms with Crippen LogP contribution in [0, 0.1) is 0 Å². The van der Waals surface area contributed by atoms with Crippen molar-refractivity contribution in [3.05, 3.63) is 36.7 Å². The van der Waals surface area contributed by atoms with Crippen molar-refractivity contribution in [2.45, 2.75) is 110 Å². The standard InChI is InChI=1S/C24H43NO/c1-3-4-5-6-7-8-9-10-11-12-13-14-15-16-17-20-23-26-25-22-19-18-21-24(25)2/h18-19,21-22H,2-17,20,23H2,1H3. The van der Waals surface area contributed by atoms with Gasteiger partial charge in [-0.2, -0.15) is 0 Å². The van der Waals surface area contributed by atoms with Crippen molar-refractivity contribution < 1.29 is 4.84 Å². The van der Waals surface area contributed by atoms with E-state index in [-0.39, 0.29) is 0 Å². The van der Waals surface area contributed by atoms with E-state index in [9.17, 15) is 0 Å². The first-order valence-corrected chi connectivity index (χ1v) is 11.3. The zero-order valence-electron chi connectivity index (χ0n) is 17.4. The first kappa shape index (κ1) is 23.0. The van der Waals surface area contributed by atoms with Gasteiger partial charge in [-0.1, -0.05) is 116 Å². The van der Waals surface area contributed by atoms with E-state index in [0.29, 0.717) is 0 Å². The number of rotatable bonds is 18. The molecule has 26 heavy (non-hydrogen) atoms. The molecular weight excluding hydrogens is 318 g/mol. The Morgan fingerprint density at radius 1 is 0.692 bits per heavy atom. The van der Waals surface area contributed by atoms with Crippen molar-refractivity contribution in [1.82, 2.24) is 5.06 Å². The molecule has 0 saturated carbocycles. The summed E-state index contributed by atoms with van der Waals surface area (Å²) in [5.41, 5.74) is 0.906. The van der Waals surface area contributed by atoms with E-state index < -0.39 is 0 Å². The molecule has 1 heterocycles. The lowest BCUT2D eigenvalue weighted by atomic mass is 10.0. The quantitative estimate of drug-likeness (QED) is 0.229. The molecule has 0 spiro atoms. The zero-order valence-corrected chi connectivity index (χ0v) is 17.4. The molecule has 0 aromatic heterocycles. The van der Waals surface area contributed by atoms with Crippen molar-refractivity contribution >= 4 is 0 Å². The summed E-state index contributed by atoms with van der Waals surface area (Å²) in [6, 6.07) is 0. The molecule has 1 aliphatic rings. The summed E-state index contributed by atoms with van der Waals surface area (Å²) in [7, 11) is 0. The number of allylic oxidation sites excluding steroid dienone is 3. The first-order chi connectivity index (χ1) is 12.8. The second kappa shape index (κ2) is 17.4. The molecule has 0 aromatic rings. The molecule has 2 nitrogen and oxygen atoms in total. The van der Waals surface area contributed by atoms with E-state index in [1.807, 2.05) is 24.4 Å². The van der Waals surface area contributed by atoms with Gasteiger partial charge in [-0.25, -0.2) is 5.06 Å². The van der Waals surface area contributed by atoms with Crippen LogP contribution in [0.5, 0.6) is 0 Å². The fourth-order valence-electron chi connectivity index (χ4n) is 3.40. The predicted molar refractivity (Wildman–Crippen MR) is 115 cm³/mol. The highest BCUT2D eigenvalue weighted by molar-refractivity contribution is 5.23. The van der Waals surface area contributed by atoms with Crippen LogP contribution in [0.2, 0.25) is 0 Å². The summed E-state index contributed by atoms with van der Waals surface area (Å²) >= 11 is 0. The van der Waals surface area contributed by atoms with Crippen molar-refractivity contribution in [2.75, 3.05) is 6.61 Å². The largest absolute Gasteiger partial charge is 0.269 e. The van der Waals surface area contributed by atoms with Crippen LogP contribution in [0.25, 0.3) is 0 Å². The average Bonchev–Trinajstić information content (AvgIpc) is 2.65. The van der Waals surface area contributed by atoms with Gasteiger partial charge in [0.25, 0.3) is 0 Å². The molecule has 0 atom stereocenters. The Hall–Kier alpha value is -1.02. The Balaban J connectivity index is 1.71. The highest BCUT2D eigenvalue weighted by atomic mass is 16.7. The predicted octanol–water partition coefficient (Wildman–Crippen LogP) is 8.08. The number of hydrogen-bond acceptors (Lipinski definition) is 2. The van der Waals surface area contributed by atoms with Gasteiger partial charge in [0.05, 0.1) is 12.3 Å². The van der Waals surface area contributed by atoms with Crippen molar-refractivity contribution in [2.24, 2.45) is 0 Å². The van der Waals surface area contributed by atoms with E-state index >= 15 is 0 Å². The molecule has 0 saturated heterocycles. The maximum Gasteiger partial charge on any atom is 0.0753 e. The molecule has 0 aromatic carbocycles. The van der Waals surface area contributed by atoms with Gasteiger partial charge in [0.15, 0.2) is 0 Å². The van der Waals surface area contributed by atoms with E-state index in [0.717, 1.165) is 18.7 Å². The molecule has 0 radical (unpaired) electrons. The minimum atomic E-state index is 0.787. The second-order valence-corrected chi connectivity index (χ2v) is 7.65. The Morgan fingerprint density at radius 2 is 1.15 bits per heavy atom. The lowest BCUT2D eigenvalue weighted by molar-refractivity contribution is -0.0908. The van der Waals surface area contributed by atoms with Gasteiger partial charge < -0.3 is 0 Å². The van der Waals surface area contributed by atoms with Gasteiger partial charge in [-0.15, -0.1) is 0 Å². The van der Waals surface area contributed by atoms with Crippen LogP contribution in [-0.4, -0.2) is 11.7 Å². The Bertz CT molecular complexity index is 386. The fourth-order valence-corrected chi connectivity index (χ4v) is 3.40. The summed E-state index contributed by atoms with van der Waals surface area (Å²) in [6.45, 7) is 7.03. The number of unbranched alkanes of at least 4 members (excludes halogenated alkanes) is 15. The maximum atomic E-state index is 5.71. The third-order valence-corrected chi connectivity index (χ3v) is 5.13. The van der Waals surface area contributed by atoms with Crippen LogP contribution in [-0.2, 0) is 4.84 Å². The summed E-state index contributed by atoms with van der Waals surface area (Å²) in [4.78, 5) is 5.71. The van der Waals surface area contributed by atoms with Gasteiger partial charge >= 0.3 is 0 Å². The number of hydrogen-bond donors (Lipinski definition) is 0. The smallest absolute Gasteiger partial charge is 0.0753 e. The van der Waals surface area contributed by atoms with Crippen LogP contribution in [0.1, 0.15) is 110 Å². The zero-order chi connectivity index (χ0) is 18.7. The Kier molecular flexibility index (Phi) is 15.4. The second-order valence-electron chi connectivity index (χ2n) is 7.65. The topological polar surface area (TPSA) is 12.5 Å². The summed E-state index contributed by atoms with van der Waals surface area (Å²) < 4.78 is 0. The highest BCUT2D eigenvalue weighted by Crippen LogP contribution is 2.14. The maximum absolute atomic E-state index is 5.71. The molecule has 0 bridgehead atoms. The molecule has 0 unspecified atom stereocenters. The molecule has 0 fully saturated rings. The lowest BCUT2D eigenvalue weighted by Gasteiger charge is -2.21. The van der Waals surface area contributed by atoms with Gasteiger partial charge in [-0.3, -0.25) is 4.84 Å². The fraction of sp³-hybridized carbons (Fsp3) is 0.750. The van der Waals surface area contributed by atoms with Crippen LogP contribution in [0.4, 0.5) is 0 Å². The van der Waals surface area contributed by atoms with Crippen molar-refractivity contribution in [3.8, 4) is 0 Å². The van der Waals surface area contributed by atoms with E-state index in [2.05, 4.69) is 13.5 Å². The van der Waals surface area contributed by atoms with E-state index in [1.165, 1.54) is 96.3 Å². The van der Waals surface area contributed by atoms with Crippen LogP contribution in [0.3, 0.4) is 0 Å². The van der Waals surface area contributed by atoms with Crippen LogP contribution in [0.15, 0.2) is 36.7 Å². The van der Waals surface area contributed by atoms with Crippen LogP contribution < -0.4 is 0 Å². The normalized spacial score (nSPS) is 13.7. The molecule has 0 amide bonds. The number of nitrogens with zero attached hydrogens (tertiary/aromatic N) is 1. The summed E-state index contributed by atoms with van der Waals surface area (Å²) in [5, 5.41) is 1.77.